The topological polar surface area (TPSA) is 86.8 Å². The van der Waals surface area contributed by atoms with Gasteiger partial charge in [0.25, 0.3) is 0 Å². The smallest absolute Gasteiger partial charge is 0.244 e. The Labute approximate surface area is 216 Å². The van der Waals surface area contributed by atoms with Crippen molar-refractivity contribution in [3.63, 3.8) is 0 Å². The summed E-state index contributed by atoms with van der Waals surface area (Å²) in [6.45, 7) is 6.62. The number of anilines is 1. The zero-order valence-corrected chi connectivity index (χ0v) is 22.6. The van der Waals surface area contributed by atoms with Gasteiger partial charge in [-0.2, -0.15) is 0 Å². The van der Waals surface area contributed by atoms with Crippen molar-refractivity contribution in [3.8, 4) is 0 Å². The Morgan fingerprint density at radius 2 is 1.66 bits per heavy atom. The molecule has 11 heteroatoms. The van der Waals surface area contributed by atoms with Gasteiger partial charge in [-0.15, -0.1) is 0 Å². The molecule has 1 atom stereocenters. The molecule has 0 aliphatic carbocycles. The molecule has 0 saturated heterocycles. The number of nitrogens with zero attached hydrogens (tertiary/aromatic N) is 2. The number of carbonyl (C=O) groups excluding carboxylic acids is 2. The third-order valence-electron chi connectivity index (χ3n) is 5.02. The predicted octanol–water partition coefficient (Wildman–Crippen LogP) is 4.62. The lowest BCUT2D eigenvalue weighted by molar-refractivity contribution is -0.141. The van der Waals surface area contributed by atoms with E-state index in [0.29, 0.717) is 5.56 Å². The summed E-state index contributed by atoms with van der Waals surface area (Å²) in [6, 6.07) is 8.88. The largest absolute Gasteiger partial charge is 0.350 e. The van der Waals surface area contributed by atoms with Crippen molar-refractivity contribution in [3.05, 3.63) is 63.9 Å². The average Bonchev–Trinajstić information content (AvgIpc) is 2.73. The van der Waals surface area contributed by atoms with Crippen LogP contribution in [0, 0.1) is 5.82 Å². The summed E-state index contributed by atoms with van der Waals surface area (Å²) in [6.07, 6.45) is 1.25. The van der Waals surface area contributed by atoms with Crippen molar-refractivity contribution < 1.29 is 22.4 Å². The Bertz CT molecular complexity index is 1170. The summed E-state index contributed by atoms with van der Waals surface area (Å²) in [5.41, 5.74) is 0.194. The van der Waals surface area contributed by atoms with Gasteiger partial charge < -0.3 is 10.2 Å². The third-order valence-corrected chi connectivity index (χ3v) is 6.90. The summed E-state index contributed by atoms with van der Waals surface area (Å²) < 4.78 is 39.5. The molecule has 0 saturated carbocycles. The number of carbonyl (C=O) groups is 2. The van der Waals surface area contributed by atoms with Crippen LogP contribution in [0.4, 0.5) is 10.1 Å². The minimum Gasteiger partial charge on any atom is -0.350 e. The van der Waals surface area contributed by atoms with Crippen LogP contribution in [0.2, 0.25) is 10.0 Å². The molecule has 2 amide bonds. The first-order valence-electron chi connectivity index (χ1n) is 10.9. The third kappa shape index (κ3) is 8.37. The van der Waals surface area contributed by atoms with Crippen molar-refractivity contribution >= 4 is 50.7 Å². The summed E-state index contributed by atoms with van der Waals surface area (Å²) in [4.78, 5) is 28.0. The minimum atomic E-state index is -3.90. The second-order valence-electron chi connectivity index (χ2n) is 9.18. The standard InChI is InChI=1S/C24H30Cl2FN3O4S/c1-6-21(23(32)28-24(2,3)4)29(14-16-7-9-17(27)10-8-16)22(31)15-30(35(5,33)34)18-11-12-19(25)20(26)13-18/h7-13,21H,6,14-15H2,1-5H3,(H,28,32)/t21-/m1/s1. The predicted molar refractivity (Wildman–Crippen MR) is 138 cm³/mol. The maximum Gasteiger partial charge on any atom is 0.244 e. The first-order chi connectivity index (χ1) is 16.1. The number of halogens is 3. The molecule has 0 heterocycles. The number of amides is 2. The number of rotatable bonds is 9. The molecule has 35 heavy (non-hydrogen) atoms. The Hall–Kier alpha value is -2.36. The van der Waals surface area contributed by atoms with E-state index in [2.05, 4.69) is 5.32 Å². The highest BCUT2D eigenvalue weighted by molar-refractivity contribution is 7.92. The molecule has 0 spiro atoms. The van der Waals surface area contributed by atoms with E-state index >= 15 is 0 Å². The van der Waals surface area contributed by atoms with E-state index in [-0.39, 0.29) is 34.6 Å². The fraction of sp³-hybridized carbons (Fsp3) is 0.417. The van der Waals surface area contributed by atoms with Gasteiger partial charge in [0.05, 0.1) is 22.0 Å². The number of benzene rings is 2. The van der Waals surface area contributed by atoms with Gasteiger partial charge in [0.1, 0.15) is 18.4 Å². The van der Waals surface area contributed by atoms with Crippen LogP contribution >= 0.6 is 23.2 Å². The van der Waals surface area contributed by atoms with Crippen molar-refractivity contribution in [2.45, 2.75) is 52.2 Å². The van der Waals surface area contributed by atoms with Crippen LogP contribution in [0.3, 0.4) is 0 Å². The number of sulfonamides is 1. The SMILES string of the molecule is CC[C@H](C(=O)NC(C)(C)C)N(Cc1ccc(F)cc1)C(=O)CN(c1ccc(Cl)c(Cl)c1)S(C)(=O)=O. The van der Waals surface area contributed by atoms with Gasteiger partial charge in [0.2, 0.25) is 21.8 Å². The maximum absolute atomic E-state index is 13.6. The molecular formula is C24H30Cl2FN3O4S. The minimum absolute atomic E-state index is 0.0197. The Morgan fingerprint density at radius 1 is 1.06 bits per heavy atom. The Kier molecular flexibility index (Phi) is 9.56. The highest BCUT2D eigenvalue weighted by Gasteiger charge is 2.33. The fourth-order valence-electron chi connectivity index (χ4n) is 3.41. The Balaban J connectivity index is 2.47. The molecule has 2 aromatic carbocycles. The number of nitrogens with one attached hydrogen (secondary N) is 1. The molecule has 0 unspecified atom stereocenters. The zero-order chi connectivity index (χ0) is 26.6. The zero-order valence-electron chi connectivity index (χ0n) is 20.3. The number of hydrogen-bond donors (Lipinski definition) is 1. The van der Waals surface area contributed by atoms with E-state index < -0.39 is 39.9 Å². The van der Waals surface area contributed by atoms with Crippen LogP contribution in [0.15, 0.2) is 42.5 Å². The lowest BCUT2D eigenvalue weighted by Gasteiger charge is -2.34. The van der Waals surface area contributed by atoms with Gasteiger partial charge in [0, 0.05) is 12.1 Å². The Morgan fingerprint density at radius 3 is 2.14 bits per heavy atom. The van der Waals surface area contributed by atoms with Crippen LogP contribution in [0.25, 0.3) is 0 Å². The first kappa shape index (κ1) is 28.9. The van der Waals surface area contributed by atoms with Gasteiger partial charge in [-0.05, 0) is 63.1 Å². The number of hydrogen-bond acceptors (Lipinski definition) is 4. The highest BCUT2D eigenvalue weighted by Crippen LogP contribution is 2.28. The molecular weight excluding hydrogens is 516 g/mol. The van der Waals surface area contributed by atoms with E-state index in [4.69, 9.17) is 23.2 Å². The molecule has 0 aliphatic rings. The maximum atomic E-state index is 13.6. The molecule has 7 nitrogen and oxygen atoms in total. The molecule has 0 fully saturated rings. The lowest BCUT2D eigenvalue weighted by atomic mass is 10.1. The van der Waals surface area contributed by atoms with Gasteiger partial charge in [0.15, 0.2) is 0 Å². The van der Waals surface area contributed by atoms with Crippen molar-refractivity contribution in [2.75, 3.05) is 17.1 Å². The van der Waals surface area contributed by atoms with Crippen LogP contribution in [0.1, 0.15) is 39.7 Å². The van der Waals surface area contributed by atoms with E-state index in [1.807, 2.05) is 20.8 Å². The van der Waals surface area contributed by atoms with Crippen molar-refractivity contribution in [2.24, 2.45) is 0 Å². The first-order valence-corrected chi connectivity index (χ1v) is 13.5. The second kappa shape index (κ2) is 11.6. The molecule has 0 bridgehead atoms. The monoisotopic (exact) mass is 545 g/mol. The van der Waals surface area contributed by atoms with E-state index in [9.17, 15) is 22.4 Å². The van der Waals surface area contributed by atoms with Crippen molar-refractivity contribution in [1.82, 2.24) is 10.2 Å². The molecule has 192 valence electrons. The summed E-state index contributed by atoms with van der Waals surface area (Å²) in [5, 5.41) is 3.24. The van der Waals surface area contributed by atoms with Gasteiger partial charge >= 0.3 is 0 Å². The van der Waals surface area contributed by atoms with Gasteiger partial charge in [-0.1, -0.05) is 42.3 Å². The van der Waals surface area contributed by atoms with Crippen LogP contribution in [0.5, 0.6) is 0 Å². The summed E-state index contributed by atoms with van der Waals surface area (Å²) in [5.74, 6) is -1.43. The van der Waals surface area contributed by atoms with Crippen LogP contribution in [-0.4, -0.2) is 49.5 Å². The normalized spacial score (nSPS) is 12.7. The quantitative estimate of drug-likeness (QED) is 0.498. The fourth-order valence-corrected chi connectivity index (χ4v) is 4.55. The second-order valence-corrected chi connectivity index (χ2v) is 11.9. The van der Waals surface area contributed by atoms with Crippen molar-refractivity contribution in [1.29, 1.82) is 0 Å². The molecule has 2 rings (SSSR count). The van der Waals surface area contributed by atoms with E-state index in [1.165, 1.54) is 47.4 Å². The highest BCUT2D eigenvalue weighted by atomic mass is 35.5. The molecule has 0 aromatic heterocycles. The average molecular weight is 546 g/mol. The molecule has 0 aliphatic heterocycles. The van der Waals surface area contributed by atoms with E-state index in [0.717, 1.165) is 10.6 Å². The molecule has 2 aromatic rings. The lowest BCUT2D eigenvalue weighted by Crippen LogP contribution is -2.55. The van der Waals surface area contributed by atoms with Crippen LogP contribution in [-0.2, 0) is 26.2 Å². The summed E-state index contributed by atoms with van der Waals surface area (Å²) >= 11 is 12.0. The van der Waals surface area contributed by atoms with Gasteiger partial charge in [-0.25, -0.2) is 12.8 Å². The summed E-state index contributed by atoms with van der Waals surface area (Å²) in [7, 11) is -3.90. The van der Waals surface area contributed by atoms with Crippen LogP contribution < -0.4 is 9.62 Å². The molecule has 1 N–H and O–H groups in total. The van der Waals surface area contributed by atoms with Gasteiger partial charge in [-0.3, -0.25) is 13.9 Å². The molecule has 0 radical (unpaired) electrons. The van der Waals surface area contributed by atoms with E-state index in [1.54, 1.807) is 6.92 Å².